The number of cyclic esters (lactones) is 1. The van der Waals surface area contributed by atoms with Crippen molar-refractivity contribution in [2.24, 2.45) is 5.92 Å². The molecule has 0 spiro atoms. The highest BCUT2D eigenvalue weighted by Gasteiger charge is 2.27. The number of hydrogen-bond donors (Lipinski definition) is 1. The van der Waals surface area contributed by atoms with Crippen molar-refractivity contribution in [2.75, 3.05) is 24.8 Å². The van der Waals surface area contributed by atoms with E-state index in [-0.39, 0.29) is 11.7 Å². The van der Waals surface area contributed by atoms with Crippen molar-refractivity contribution in [1.82, 2.24) is 0 Å². The molecule has 150 valence electrons. The van der Waals surface area contributed by atoms with Crippen LogP contribution in [0.5, 0.6) is 0 Å². The van der Waals surface area contributed by atoms with Gasteiger partial charge in [-0.15, -0.1) is 0 Å². The molecular weight excluding hydrogens is 531 g/mol. The number of carbonyl (C=O) groups is 1. The first kappa shape index (κ1) is 25.9. The average Bonchev–Trinajstić information content (AvgIpc) is 3.06. The van der Waals surface area contributed by atoms with Crippen LogP contribution >= 0.6 is 46.1 Å². The highest BCUT2D eigenvalue weighted by atomic mass is 127. The molecule has 0 aliphatic carbocycles. The summed E-state index contributed by atoms with van der Waals surface area (Å²) in [7, 11) is 3.42. The van der Waals surface area contributed by atoms with E-state index in [1.54, 1.807) is 7.11 Å². The third-order valence-electron chi connectivity index (χ3n) is 3.77. The molecule has 7 heteroatoms. The predicted octanol–water partition coefficient (Wildman–Crippen LogP) is 6.51. The van der Waals surface area contributed by atoms with Crippen LogP contribution in [0.2, 0.25) is 0 Å². The zero-order valence-corrected chi connectivity index (χ0v) is 20.8. The van der Waals surface area contributed by atoms with Gasteiger partial charge >= 0.3 is 5.97 Å². The van der Waals surface area contributed by atoms with Crippen molar-refractivity contribution in [2.45, 2.75) is 47.0 Å². The maximum atomic E-state index is 11.7. The van der Waals surface area contributed by atoms with E-state index in [0.717, 1.165) is 11.8 Å². The van der Waals surface area contributed by atoms with E-state index in [4.69, 9.17) is 9.47 Å². The third-order valence-corrected chi connectivity index (χ3v) is 6.58. The molecule has 1 heterocycles. The molecule has 0 aromatic heterocycles. The lowest BCUT2D eigenvalue weighted by atomic mass is 9.97. The van der Waals surface area contributed by atoms with Crippen molar-refractivity contribution in [3.8, 4) is 0 Å². The Morgan fingerprint density at radius 2 is 2.08 bits per heavy atom. The van der Waals surface area contributed by atoms with Gasteiger partial charge in [-0.25, -0.2) is 4.79 Å². The molecule has 1 N–H and O–H groups in total. The number of allylic oxidation sites excluding steroid dienone is 4. The van der Waals surface area contributed by atoms with Crippen LogP contribution in [0.1, 0.15) is 47.0 Å². The lowest BCUT2D eigenvalue weighted by molar-refractivity contribution is -0.135. The van der Waals surface area contributed by atoms with E-state index in [1.807, 2.05) is 22.8 Å². The van der Waals surface area contributed by atoms with Gasteiger partial charge in [-0.3, -0.25) is 0 Å². The molecule has 1 rings (SSSR count). The van der Waals surface area contributed by atoms with Gasteiger partial charge in [0.1, 0.15) is 11.5 Å². The molecule has 0 amide bonds. The fraction of sp³-hybridized carbons (Fsp3) is 0.632. The first-order valence-electron chi connectivity index (χ1n) is 8.71. The molecule has 1 saturated heterocycles. The van der Waals surface area contributed by atoms with E-state index in [0.29, 0.717) is 36.4 Å². The Morgan fingerprint density at radius 1 is 1.46 bits per heavy atom. The number of rotatable bonds is 8. The molecule has 1 aliphatic heterocycles. The number of alkyl halides is 1. The molecule has 0 bridgehead atoms. The lowest BCUT2D eigenvalue weighted by Gasteiger charge is -2.17. The largest absolute Gasteiger partial charge is 0.507 e. The van der Waals surface area contributed by atoms with Crippen LogP contribution in [0.25, 0.3) is 0 Å². The summed E-state index contributed by atoms with van der Waals surface area (Å²) in [5, 5.41) is 11.4. The number of aliphatic hydroxyl groups is 1. The topological polar surface area (TPSA) is 55.8 Å². The van der Waals surface area contributed by atoms with Gasteiger partial charge in [0.05, 0.1) is 19.3 Å². The first-order valence-corrected chi connectivity index (χ1v) is 13.4. The molecule has 0 saturated carbocycles. The van der Waals surface area contributed by atoms with Gasteiger partial charge in [-0.05, 0) is 34.0 Å². The monoisotopic (exact) mass is 560 g/mol. The first-order chi connectivity index (χ1) is 12.4. The summed E-state index contributed by atoms with van der Waals surface area (Å²) >= 11 is 5.73. The van der Waals surface area contributed by atoms with Crippen LogP contribution in [0.15, 0.2) is 34.3 Å². The van der Waals surface area contributed by atoms with Crippen molar-refractivity contribution >= 4 is 52.0 Å². The smallest absolute Gasteiger partial charge is 0.337 e. The number of aliphatic hydroxyl groups excluding tert-OH is 1. The van der Waals surface area contributed by atoms with Crippen molar-refractivity contribution < 1.29 is 19.4 Å². The van der Waals surface area contributed by atoms with Crippen LogP contribution in [-0.4, -0.2) is 35.9 Å². The van der Waals surface area contributed by atoms with Crippen LogP contribution in [-0.2, 0) is 14.3 Å². The second kappa shape index (κ2) is 14.9. The van der Waals surface area contributed by atoms with Gasteiger partial charge in [-0.2, -0.15) is 0 Å². The number of hydrogen-bond acceptors (Lipinski definition) is 5. The lowest BCUT2D eigenvalue weighted by Crippen LogP contribution is -2.08. The fourth-order valence-electron chi connectivity index (χ4n) is 2.39. The molecule has 4 nitrogen and oxygen atoms in total. The van der Waals surface area contributed by atoms with Crippen molar-refractivity contribution in [1.29, 1.82) is 0 Å². The summed E-state index contributed by atoms with van der Waals surface area (Å²) < 4.78 is 10.4. The Hall–Kier alpha value is -0.150. The minimum Gasteiger partial charge on any atom is -0.507 e. The van der Waals surface area contributed by atoms with Crippen molar-refractivity contribution in [3.63, 3.8) is 0 Å². The van der Waals surface area contributed by atoms with Crippen LogP contribution in [0.4, 0.5) is 0 Å². The number of esters is 1. The summed E-state index contributed by atoms with van der Waals surface area (Å²) in [6.45, 7) is 8.55. The summed E-state index contributed by atoms with van der Waals surface area (Å²) in [6.07, 6.45) is 3.97. The Morgan fingerprint density at radius 3 is 2.42 bits per heavy atom. The standard InChI is InChI=1S/C17H25BrO4.C2H5IS/c1-5-12(10-18)6-7-13(16(21-4)11(2)3)15(19)14-8-9-22-17(14)20;1-2-4-3/h6,11,19H,5,7-10H2,1-4H3;2H2,1H3/b12-6+,15-14-,16-13+;. The maximum Gasteiger partial charge on any atom is 0.337 e. The van der Waals surface area contributed by atoms with Crippen LogP contribution in [0.3, 0.4) is 0 Å². The summed E-state index contributed by atoms with van der Waals surface area (Å²) in [5.74, 6) is 1.61. The molecule has 0 aromatic carbocycles. The summed E-state index contributed by atoms with van der Waals surface area (Å²) in [6, 6.07) is 0. The SMILES string of the molecule is CC/C(=C\CC(/C(O)=C1\CCOC1=O)=C(\OC)C(C)C)CBr.CCSI. The Kier molecular flexibility index (Phi) is 14.8. The predicted molar refractivity (Wildman–Crippen MR) is 123 cm³/mol. The van der Waals surface area contributed by atoms with Gasteiger partial charge in [0.25, 0.3) is 0 Å². The molecule has 0 unspecified atom stereocenters. The van der Waals surface area contributed by atoms with Gasteiger partial charge in [-0.1, -0.05) is 64.2 Å². The third kappa shape index (κ3) is 8.69. The van der Waals surface area contributed by atoms with Gasteiger partial charge in [0.15, 0.2) is 0 Å². The molecule has 26 heavy (non-hydrogen) atoms. The minimum absolute atomic E-state index is 0.00863. The Labute approximate surface area is 182 Å². The molecule has 0 aromatic rings. The van der Waals surface area contributed by atoms with Crippen LogP contribution < -0.4 is 0 Å². The number of halogens is 2. The molecular formula is C19H30BrIO4S. The van der Waals surface area contributed by atoms with Crippen molar-refractivity contribution in [3.05, 3.63) is 34.3 Å². The molecule has 0 radical (unpaired) electrons. The quantitative estimate of drug-likeness (QED) is 0.0915. The zero-order valence-electron chi connectivity index (χ0n) is 16.2. The minimum atomic E-state index is -0.436. The number of methoxy groups -OCH3 is 1. The fourth-order valence-corrected chi connectivity index (χ4v) is 3.02. The normalized spacial score (nSPS) is 17.4. The molecule has 1 aliphatic rings. The van der Waals surface area contributed by atoms with Gasteiger partial charge in [0.2, 0.25) is 0 Å². The van der Waals surface area contributed by atoms with E-state index >= 15 is 0 Å². The summed E-state index contributed by atoms with van der Waals surface area (Å²) in [5.41, 5.74) is 2.25. The Bertz CT molecular complexity index is 534. The molecule has 1 fully saturated rings. The van der Waals surface area contributed by atoms with E-state index in [9.17, 15) is 9.90 Å². The Balaban J connectivity index is 0.00000141. The highest BCUT2D eigenvalue weighted by molar-refractivity contribution is 14.2. The number of ether oxygens (including phenoxy) is 2. The van der Waals surface area contributed by atoms with Gasteiger partial charge in [0, 0.05) is 29.0 Å². The summed E-state index contributed by atoms with van der Waals surface area (Å²) in [4.78, 5) is 11.7. The number of carbonyl (C=O) groups excluding carboxylic acids is 1. The second-order valence-corrected chi connectivity index (χ2v) is 9.09. The van der Waals surface area contributed by atoms with E-state index < -0.39 is 5.97 Å². The second-order valence-electron chi connectivity index (χ2n) is 5.87. The average molecular weight is 561 g/mol. The van der Waals surface area contributed by atoms with Crippen LogP contribution in [0, 0.1) is 5.92 Å². The van der Waals surface area contributed by atoms with E-state index in [2.05, 4.69) is 57.1 Å². The maximum absolute atomic E-state index is 11.7. The zero-order chi connectivity index (χ0) is 20.1. The van der Waals surface area contributed by atoms with Gasteiger partial charge < -0.3 is 14.6 Å². The molecule has 0 atom stereocenters. The van der Waals surface area contributed by atoms with E-state index in [1.165, 1.54) is 11.3 Å². The highest BCUT2D eigenvalue weighted by Crippen LogP contribution is 2.29.